The molecular formula is C12H17N3O2. The lowest BCUT2D eigenvalue weighted by Gasteiger charge is -2.29. The van der Waals surface area contributed by atoms with E-state index < -0.39 is 5.97 Å². The fourth-order valence-corrected chi connectivity index (χ4v) is 2.15. The molecule has 0 spiro atoms. The molecule has 1 aliphatic heterocycles. The summed E-state index contributed by atoms with van der Waals surface area (Å²) in [6.07, 6.45) is 1.44. The average Bonchev–Trinajstić information content (AvgIpc) is 2.29. The largest absolute Gasteiger partial charge is 0.481 e. The van der Waals surface area contributed by atoms with Crippen LogP contribution >= 0.6 is 0 Å². The average molecular weight is 235 g/mol. The van der Waals surface area contributed by atoms with Gasteiger partial charge in [-0.2, -0.15) is 0 Å². The lowest BCUT2D eigenvalue weighted by molar-refractivity contribution is -0.143. The summed E-state index contributed by atoms with van der Waals surface area (Å²) in [5.74, 6) is -0.324. The number of piperidine rings is 1. The molecule has 5 heteroatoms. The predicted molar refractivity (Wildman–Crippen MR) is 64.3 cm³/mol. The second-order valence-corrected chi connectivity index (χ2v) is 4.44. The Labute approximate surface area is 100 Å². The van der Waals surface area contributed by atoms with Crippen molar-refractivity contribution in [3.63, 3.8) is 0 Å². The highest BCUT2D eigenvalue weighted by atomic mass is 16.4. The number of nitrogen functional groups attached to an aromatic ring is 1. The smallest absolute Gasteiger partial charge is 0.306 e. The molecule has 0 amide bonds. The summed E-state index contributed by atoms with van der Waals surface area (Å²) in [4.78, 5) is 17.3. The number of carboxylic acid groups (broad SMARTS) is 1. The zero-order chi connectivity index (χ0) is 12.3. The summed E-state index contributed by atoms with van der Waals surface area (Å²) < 4.78 is 0. The van der Waals surface area contributed by atoms with Crippen LogP contribution in [-0.4, -0.2) is 34.0 Å². The van der Waals surface area contributed by atoms with Gasteiger partial charge in [-0.1, -0.05) is 6.07 Å². The van der Waals surface area contributed by atoms with Crippen molar-refractivity contribution in [1.29, 1.82) is 0 Å². The number of pyridine rings is 1. The Hall–Kier alpha value is -1.62. The van der Waals surface area contributed by atoms with Crippen molar-refractivity contribution in [3.8, 4) is 0 Å². The number of hydrogen-bond acceptors (Lipinski definition) is 4. The molecule has 17 heavy (non-hydrogen) atoms. The molecule has 5 nitrogen and oxygen atoms in total. The van der Waals surface area contributed by atoms with E-state index in [0.717, 1.165) is 38.2 Å². The normalized spacial score (nSPS) is 18.1. The molecule has 1 aromatic heterocycles. The van der Waals surface area contributed by atoms with E-state index in [4.69, 9.17) is 10.8 Å². The van der Waals surface area contributed by atoms with Crippen LogP contribution in [-0.2, 0) is 11.3 Å². The summed E-state index contributed by atoms with van der Waals surface area (Å²) in [6, 6.07) is 5.60. The van der Waals surface area contributed by atoms with Gasteiger partial charge in [0.05, 0.1) is 11.6 Å². The van der Waals surface area contributed by atoms with Crippen LogP contribution in [0, 0.1) is 5.92 Å². The van der Waals surface area contributed by atoms with Gasteiger partial charge in [0, 0.05) is 6.54 Å². The van der Waals surface area contributed by atoms with E-state index in [1.54, 1.807) is 6.07 Å². The van der Waals surface area contributed by atoms with Crippen LogP contribution in [0.4, 0.5) is 5.82 Å². The molecule has 1 saturated heterocycles. The zero-order valence-electron chi connectivity index (χ0n) is 9.67. The van der Waals surface area contributed by atoms with Gasteiger partial charge in [-0.3, -0.25) is 9.69 Å². The first kappa shape index (κ1) is 11.9. The monoisotopic (exact) mass is 235 g/mol. The number of nitrogens with zero attached hydrogens (tertiary/aromatic N) is 2. The molecule has 3 N–H and O–H groups in total. The Morgan fingerprint density at radius 2 is 2.18 bits per heavy atom. The second-order valence-electron chi connectivity index (χ2n) is 4.44. The molecule has 0 unspecified atom stereocenters. The van der Waals surface area contributed by atoms with Crippen LogP contribution in [0.25, 0.3) is 0 Å². The Balaban J connectivity index is 1.88. The lowest BCUT2D eigenvalue weighted by atomic mass is 9.97. The van der Waals surface area contributed by atoms with Crippen LogP contribution < -0.4 is 5.73 Å². The summed E-state index contributed by atoms with van der Waals surface area (Å²) in [5.41, 5.74) is 6.56. The van der Waals surface area contributed by atoms with E-state index in [1.165, 1.54) is 0 Å². The van der Waals surface area contributed by atoms with E-state index in [1.807, 2.05) is 12.1 Å². The third kappa shape index (κ3) is 3.17. The van der Waals surface area contributed by atoms with Crippen LogP contribution in [0.15, 0.2) is 18.2 Å². The van der Waals surface area contributed by atoms with Crippen molar-refractivity contribution in [2.24, 2.45) is 5.92 Å². The Bertz CT molecular complexity index is 400. The van der Waals surface area contributed by atoms with Crippen molar-refractivity contribution in [1.82, 2.24) is 9.88 Å². The zero-order valence-corrected chi connectivity index (χ0v) is 9.67. The fourth-order valence-electron chi connectivity index (χ4n) is 2.15. The highest BCUT2D eigenvalue weighted by Crippen LogP contribution is 2.18. The first-order chi connectivity index (χ1) is 8.15. The van der Waals surface area contributed by atoms with Gasteiger partial charge in [-0.05, 0) is 38.1 Å². The number of anilines is 1. The van der Waals surface area contributed by atoms with Crippen molar-refractivity contribution >= 4 is 11.8 Å². The molecule has 1 aliphatic rings. The predicted octanol–water partition coefficient (Wildman–Crippen LogP) is 0.960. The summed E-state index contributed by atoms with van der Waals surface area (Å²) in [5, 5.41) is 8.90. The molecule has 0 radical (unpaired) electrons. The number of rotatable bonds is 3. The number of carbonyl (C=O) groups is 1. The third-order valence-electron chi connectivity index (χ3n) is 3.15. The van der Waals surface area contributed by atoms with Gasteiger partial charge in [0.15, 0.2) is 0 Å². The number of aliphatic carboxylic acids is 1. The number of hydrogen-bond donors (Lipinski definition) is 2. The number of nitrogens with two attached hydrogens (primary N) is 1. The standard InChI is InChI=1S/C12H17N3O2/c13-11-3-1-2-10(14-11)8-15-6-4-9(5-7-15)12(16)17/h1-3,9H,4-8H2,(H2,13,14)(H,16,17). The topological polar surface area (TPSA) is 79.5 Å². The Kier molecular flexibility index (Phi) is 3.58. The quantitative estimate of drug-likeness (QED) is 0.815. The van der Waals surface area contributed by atoms with Gasteiger partial charge in [0.2, 0.25) is 0 Å². The molecule has 0 bridgehead atoms. The van der Waals surface area contributed by atoms with Crippen molar-refractivity contribution in [3.05, 3.63) is 23.9 Å². The minimum absolute atomic E-state index is 0.181. The SMILES string of the molecule is Nc1cccc(CN2CCC(C(=O)O)CC2)n1. The molecule has 2 rings (SSSR count). The highest BCUT2D eigenvalue weighted by molar-refractivity contribution is 5.70. The first-order valence-electron chi connectivity index (χ1n) is 5.82. The van der Waals surface area contributed by atoms with Gasteiger partial charge in [0.1, 0.15) is 5.82 Å². The minimum atomic E-state index is -0.674. The molecule has 92 valence electrons. The van der Waals surface area contributed by atoms with E-state index in [0.29, 0.717) is 5.82 Å². The third-order valence-corrected chi connectivity index (χ3v) is 3.15. The van der Waals surface area contributed by atoms with Crippen molar-refractivity contribution in [2.75, 3.05) is 18.8 Å². The summed E-state index contributed by atoms with van der Waals surface area (Å²) in [7, 11) is 0. The molecule has 0 atom stereocenters. The van der Waals surface area contributed by atoms with Crippen LogP contribution in [0.5, 0.6) is 0 Å². The molecule has 0 saturated carbocycles. The first-order valence-corrected chi connectivity index (χ1v) is 5.82. The molecule has 2 heterocycles. The van der Waals surface area contributed by atoms with E-state index in [-0.39, 0.29) is 5.92 Å². The van der Waals surface area contributed by atoms with Crippen molar-refractivity contribution < 1.29 is 9.90 Å². The van der Waals surface area contributed by atoms with Gasteiger partial charge < -0.3 is 10.8 Å². The highest BCUT2D eigenvalue weighted by Gasteiger charge is 2.24. The maximum Gasteiger partial charge on any atom is 0.306 e. The van der Waals surface area contributed by atoms with E-state index in [2.05, 4.69) is 9.88 Å². The van der Waals surface area contributed by atoms with Crippen LogP contribution in [0.3, 0.4) is 0 Å². The number of carboxylic acids is 1. The van der Waals surface area contributed by atoms with Gasteiger partial charge in [-0.15, -0.1) is 0 Å². The van der Waals surface area contributed by atoms with Crippen LogP contribution in [0.1, 0.15) is 18.5 Å². The molecular weight excluding hydrogens is 218 g/mol. The molecule has 1 fully saturated rings. The summed E-state index contributed by atoms with van der Waals surface area (Å²) >= 11 is 0. The van der Waals surface area contributed by atoms with Gasteiger partial charge in [-0.25, -0.2) is 4.98 Å². The van der Waals surface area contributed by atoms with Gasteiger partial charge in [0.25, 0.3) is 0 Å². The molecule has 1 aromatic rings. The number of aromatic nitrogens is 1. The Morgan fingerprint density at radius 1 is 1.47 bits per heavy atom. The Morgan fingerprint density at radius 3 is 2.76 bits per heavy atom. The maximum absolute atomic E-state index is 10.8. The van der Waals surface area contributed by atoms with E-state index in [9.17, 15) is 4.79 Å². The maximum atomic E-state index is 10.8. The fraction of sp³-hybridized carbons (Fsp3) is 0.500. The number of likely N-dealkylation sites (tertiary alicyclic amines) is 1. The van der Waals surface area contributed by atoms with Crippen LogP contribution in [0.2, 0.25) is 0 Å². The lowest BCUT2D eigenvalue weighted by Crippen LogP contribution is -2.36. The molecule has 0 aromatic carbocycles. The second kappa shape index (κ2) is 5.14. The molecule has 0 aliphatic carbocycles. The van der Waals surface area contributed by atoms with Gasteiger partial charge >= 0.3 is 5.97 Å². The summed E-state index contributed by atoms with van der Waals surface area (Å²) in [6.45, 7) is 2.37. The van der Waals surface area contributed by atoms with E-state index >= 15 is 0 Å². The van der Waals surface area contributed by atoms with Crippen molar-refractivity contribution in [2.45, 2.75) is 19.4 Å². The minimum Gasteiger partial charge on any atom is -0.481 e.